The third-order valence-electron chi connectivity index (χ3n) is 2.36. The zero-order valence-corrected chi connectivity index (χ0v) is 10.7. The minimum atomic E-state index is -3.61. The lowest BCUT2D eigenvalue weighted by molar-refractivity contribution is -0.118. The fourth-order valence-corrected chi connectivity index (χ4v) is 2.05. The van der Waals surface area contributed by atoms with Gasteiger partial charge < -0.3 is 10.1 Å². The van der Waals surface area contributed by atoms with Crippen LogP contribution in [0.2, 0.25) is 0 Å². The quantitative estimate of drug-likeness (QED) is 0.824. The van der Waals surface area contributed by atoms with Gasteiger partial charge in [-0.3, -0.25) is 9.52 Å². The maximum Gasteiger partial charge on any atom is 0.301 e. The molecule has 0 saturated carbocycles. The lowest BCUT2D eigenvalue weighted by atomic mass is 10.2. The molecule has 1 aliphatic heterocycles. The van der Waals surface area contributed by atoms with Crippen molar-refractivity contribution in [3.63, 3.8) is 0 Å². The minimum absolute atomic E-state index is 0.131. The summed E-state index contributed by atoms with van der Waals surface area (Å²) < 4.78 is 32.1. The van der Waals surface area contributed by atoms with E-state index in [-0.39, 0.29) is 12.5 Å². The van der Waals surface area contributed by atoms with Crippen molar-refractivity contribution in [2.24, 2.45) is 0 Å². The molecule has 2 rings (SSSR count). The average molecular weight is 271 g/mol. The maximum atomic E-state index is 11.7. The molecule has 0 radical (unpaired) electrons. The fourth-order valence-electron chi connectivity index (χ4n) is 1.43. The van der Waals surface area contributed by atoms with Crippen molar-refractivity contribution in [2.75, 3.05) is 30.7 Å². The highest BCUT2D eigenvalue weighted by Gasteiger charge is 2.22. The van der Waals surface area contributed by atoms with E-state index in [0.717, 1.165) is 4.31 Å². The predicted octanol–water partition coefficient (Wildman–Crippen LogP) is 0.236. The Morgan fingerprint density at radius 3 is 2.78 bits per heavy atom. The number of rotatable bonds is 3. The van der Waals surface area contributed by atoms with Gasteiger partial charge in [0.05, 0.1) is 11.4 Å². The second-order valence-corrected chi connectivity index (χ2v) is 5.79. The Kier molecular flexibility index (Phi) is 3.14. The Morgan fingerprint density at radius 1 is 1.39 bits per heavy atom. The third-order valence-corrected chi connectivity index (χ3v) is 3.80. The molecular formula is C10H13N3O4S. The number of amides is 1. The first-order valence-corrected chi connectivity index (χ1v) is 6.60. The molecule has 7 nitrogen and oxygen atoms in total. The summed E-state index contributed by atoms with van der Waals surface area (Å²) >= 11 is 0. The summed E-state index contributed by atoms with van der Waals surface area (Å²) in [5.74, 6) is 0.0534. The molecule has 1 heterocycles. The summed E-state index contributed by atoms with van der Waals surface area (Å²) in [4.78, 5) is 11.1. The molecule has 0 fully saturated rings. The highest BCUT2D eigenvalue weighted by atomic mass is 32.2. The van der Waals surface area contributed by atoms with E-state index in [2.05, 4.69) is 10.0 Å². The Hall–Kier alpha value is -1.80. The maximum absolute atomic E-state index is 11.7. The van der Waals surface area contributed by atoms with E-state index in [1.807, 2.05) is 0 Å². The van der Waals surface area contributed by atoms with Gasteiger partial charge in [-0.1, -0.05) is 6.07 Å². The van der Waals surface area contributed by atoms with Crippen LogP contribution in [0, 0.1) is 0 Å². The molecule has 2 N–H and O–H groups in total. The summed E-state index contributed by atoms with van der Waals surface area (Å²) in [6, 6.07) is 4.83. The lowest BCUT2D eigenvalue weighted by Crippen LogP contribution is -2.30. The average Bonchev–Trinajstić information content (AvgIpc) is 2.28. The van der Waals surface area contributed by atoms with Gasteiger partial charge >= 0.3 is 10.2 Å². The molecule has 18 heavy (non-hydrogen) atoms. The second kappa shape index (κ2) is 4.46. The van der Waals surface area contributed by atoms with Crippen LogP contribution >= 0.6 is 0 Å². The van der Waals surface area contributed by atoms with Gasteiger partial charge in [0.25, 0.3) is 5.91 Å². The number of fused-ring (bicyclic) bond motifs is 1. The van der Waals surface area contributed by atoms with E-state index in [0.29, 0.717) is 17.1 Å². The van der Waals surface area contributed by atoms with Crippen molar-refractivity contribution < 1.29 is 17.9 Å². The molecular weight excluding hydrogens is 258 g/mol. The molecule has 98 valence electrons. The van der Waals surface area contributed by atoms with E-state index < -0.39 is 10.2 Å². The Morgan fingerprint density at radius 2 is 2.11 bits per heavy atom. The van der Waals surface area contributed by atoms with Crippen LogP contribution in [0.3, 0.4) is 0 Å². The highest BCUT2D eigenvalue weighted by molar-refractivity contribution is 7.90. The Bertz CT molecular complexity index is 583. The van der Waals surface area contributed by atoms with Gasteiger partial charge in [-0.05, 0) is 12.1 Å². The lowest BCUT2D eigenvalue weighted by Gasteiger charge is -2.22. The van der Waals surface area contributed by atoms with Crippen molar-refractivity contribution in [1.82, 2.24) is 4.31 Å². The van der Waals surface area contributed by atoms with E-state index in [1.54, 1.807) is 18.2 Å². The molecule has 8 heteroatoms. The SMILES string of the molecule is CN(C)S(=O)(=O)Nc1cccc2c1OCC(=O)N2. The van der Waals surface area contributed by atoms with Crippen LogP contribution in [0.15, 0.2) is 18.2 Å². The molecule has 0 bridgehead atoms. The van der Waals surface area contributed by atoms with Gasteiger partial charge in [0, 0.05) is 14.1 Å². The minimum Gasteiger partial charge on any atom is -0.479 e. The number of para-hydroxylation sites is 1. The van der Waals surface area contributed by atoms with Crippen LogP contribution in [-0.4, -0.2) is 39.3 Å². The third kappa shape index (κ3) is 2.39. The number of nitrogens with zero attached hydrogens (tertiary/aromatic N) is 1. The van der Waals surface area contributed by atoms with Gasteiger partial charge in [-0.2, -0.15) is 12.7 Å². The summed E-state index contributed by atoms with van der Waals surface area (Å²) in [7, 11) is -0.774. The predicted molar refractivity (Wildman–Crippen MR) is 66.8 cm³/mol. The number of ether oxygens (including phenoxy) is 1. The molecule has 1 aromatic rings. The zero-order chi connectivity index (χ0) is 13.3. The van der Waals surface area contributed by atoms with Crippen LogP contribution < -0.4 is 14.8 Å². The number of anilines is 2. The number of carbonyl (C=O) groups excluding carboxylic acids is 1. The van der Waals surface area contributed by atoms with Crippen LogP contribution in [0.4, 0.5) is 11.4 Å². The molecule has 1 aromatic carbocycles. The van der Waals surface area contributed by atoms with Gasteiger partial charge in [-0.15, -0.1) is 0 Å². The fraction of sp³-hybridized carbons (Fsp3) is 0.300. The molecule has 0 aromatic heterocycles. The van der Waals surface area contributed by atoms with Gasteiger partial charge in [0.15, 0.2) is 12.4 Å². The summed E-state index contributed by atoms with van der Waals surface area (Å²) in [5, 5.41) is 2.60. The molecule has 0 aliphatic carbocycles. The van der Waals surface area contributed by atoms with Crippen LogP contribution in [-0.2, 0) is 15.0 Å². The van der Waals surface area contributed by atoms with Crippen molar-refractivity contribution in [3.8, 4) is 5.75 Å². The Balaban J connectivity index is 2.36. The van der Waals surface area contributed by atoms with Gasteiger partial charge in [0.2, 0.25) is 0 Å². The summed E-state index contributed by atoms with van der Waals surface area (Å²) in [5.41, 5.74) is 0.742. The second-order valence-electron chi connectivity index (χ2n) is 3.91. The standard InChI is InChI=1S/C10H13N3O4S/c1-13(2)18(15,16)12-8-5-3-4-7-10(8)17-6-9(14)11-7/h3-5,12H,6H2,1-2H3,(H,11,14). The van der Waals surface area contributed by atoms with Crippen molar-refractivity contribution in [2.45, 2.75) is 0 Å². The molecule has 1 aliphatic rings. The van der Waals surface area contributed by atoms with Crippen molar-refractivity contribution >= 4 is 27.5 Å². The number of benzene rings is 1. The summed E-state index contributed by atoms with van der Waals surface area (Å²) in [6.07, 6.45) is 0. The first-order valence-electron chi connectivity index (χ1n) is 5.16. The number of nitrogens with one attached hydrogen (secondary N) is 2. The first-order chi connectivity index (χ1) is 8.40. The largest absolute Gasteiger partial charge is 0.479 e. The molecule has 0 saturated heterocycles. The number of hydrogen-bond donors (Lipinski definition) is 2. The van der Waals surface area contributed by atoms with E-state index in [9.17, 15) is 13.2 Å². The topological polar surface area (TPSA) is 87.7 Å². The van der Waals surface area contributed by atoms with E-state index in [1.165, 1.54) is 14.1 Å². The van der Waals surface area contributed by atoms with Crippen molar-refractivity contribution in [3.05, 3.63) is 18.2 Å². The van der Waals surface area contributed by atoms with Crippen LogP contribution in [0.1, 0.15) is 0 Å². The smallest absolute Gasteiger partial charge is 0.301 e. The number of hydrogen-bond acceptors (Lipinski definition) is 4. The first kappa shape index (κ1) is 12.7. The highest BCUT2D eigenvalue weighted by Crippen LogP contribution is 2.35. The molecule has 0 atom stereocenters. The molecule has 0 unspecified atom stereocenters. The van der Waals surface area contributed by atoms with Crippen LogP contribution in [0.5, 0.6) is 5.75 Å². The Labute approximate surface area is 105 Å². The van der Waals surface area contributed by atoms with Crippen molar-refractivity contribution in [1.29, 1.82) is 0 Å². The van der Waals surface area contributed by atoms with Gasteiger partial charge in [-0.25, -0.2) is 0 Å². The van der Waals surface area contributed by atoms with Crippen LogP contribution in [0.25, 0.3) is 0 Å². The monoisotopic (exact) mass is 271 g/mol. The van der Waals surface area contributed by atoms with E-state index in [4.69, 9.17) is 4.74 Å². The van der Waals surface area contributed by atoms with Gasteiger partial charge in [0.1, 0.15) is 0 Å². The molecule has 1 amide bonds. The van der Waals surface area contributed by atoms with E-state index >= 15 is 0 Å². The summed E-state index contributed by atoms with van der Waals surface area (Å²) in [6.45, 7) is -0.131. The zero-order valence-electron chi connectivity index (χ0n) is 9.93. The normalized spacial score (nSPS) is 14.7. The molecule has 0 spiro atoms. The number of carbonyl (C=O) groups is 1.